The van der Waals surface area contributed by atoms with E-state index in [-0.39, 0.29) is 5.82 Å². The van der Waals surface area contributed by atoms with Gasteiger partial charge in [-0.2, -0.15) is 0 Å². The molecular formula is C23H31FN2O. The van der Waals surface area contributed by atoms with Crippen LogP contribution in [0, 0.1) is 11.7 Å². The molecule has 0 saturated heterocycles. The maximum Gasteiger partial charge on any atom is 0.173 e. The number of benzene rings is 1. The molecule has 0 aliphatic heterocycles. The topological polar surface area (TPSA) is 47.6 Å². The fourth-order valence-corrected chi connectivity index (χ4v) is 3.86. The number of halogens is 1. The van der Waals surface area contributed by atoms with Crippen molar-refractivity contribution in [2.75, 3.05) is 6.61 Å². The second kappa shape index (κ2) is 9.20. The van der Waals surface area contributed by atoms with E-state index in [9.17, 15) is 0 Å². The van der Waals surface area contributed by atoms with Crippen molar-refractivity contribution >= 4 is 11.8 Å². The maximum absolute atomic E-state index is 15.4. The van der Waals surface area contributed by atoms with Gasteiger partial charge in [-0.3, -0.25) is 0 Å². The molecule has 2 aliphatic rings. The number of ether oxygens (including phenoxy) is 1. The third kappa shape index (κ3) is 4.79. The quantitative estimate of drug-likeness (QED) is 0.602. The van der Waals surface area contributed by atoms with E-state index < -0.39 is 0 Å². The van der Waals surface area contributed by atoms with E-state index in [0.29, 0.717) is 41.1 Å². The summed E-state index contributed by atoms with van der Waals surface area (Å²) in [4.78, 5) is 4.10. The average Bonchev–Trinajstić information content (AvgIpc) is 2.65. The molecule has 0 radical (unpaired) electrons. The van der Waals surface area contributed by atoms with Crippen LogP contribution in [0.5, 0.6) is 5.75 Å². The summed E-state index contributed by atoms with van der Waals surface area (Å²) in [6, 6.07) is 3.81. The third-order valence-corrected chi connectivity index (χ3v) is 5.87. The smallest absolute Gasteiger partial charge is 0.173 e. The highest BCUT2D eigenvalue weighted by Crippen LogP contribution is 2.43. The Morgan fingerprint density at radius 3 is 2.59 bits per heavy atom. The lowest BCUT2D eigenvalue weighted by Crippen LogP contribution is -2.18. The summed E-state index contributed by atoms with van der Waals surface area (Å²) in [5.41, 5.74) is 7.64. The first-order valence-corrected chi connectivity index (χ1v) is 10.2. The minimum atomic E-state index is -0.314. The summed E-state index contributed by atoms with van der Waals surface area (Å²) >= 11 is 0. The molecule has 4 heteroatoms. The fourth-order valence-electron chi connectivity index (χ4n) is 3.86. The van der Waals surface area contributed by atoms with E-state index in [1.807, 2.05) is 6.07 Å². The molecule has 1 aromatic rings. The highest BCUT2D eigenvalue weighted by molar-refractivity contribution is 6.09. The van der Waals surface area contributed by atoms with Gasteiger partial charge in [0.05, 0.1) is 6.61 Å². The van der Waals surface area contributed by atoms with E-state index in [4.69, 9.17) is 10.5 Å². The Hall–Kier alpha value is -2.10. The van der Waals surface area contributed by atoms with Crippen LogP contribution < -0.4 is 10.5 Å². The van der Waals surface area contributed by atoms with Crippen LogP contribution in [-0.4, -0.2) is 12.8 Å². The molecule has 2 aliphatic carbocycles. The van der Waals surface area contributed by atoms with Crippen molar-refractivity contribution in [3.05, 3.63) is 47.6 Å². The largest absolute Gasteiger partial charge is 0.490 e. The predicted molar refractivity (Wildman–Crippen MR) is 111 cm³/mol. The van der Waals surface area contributed by atoms with Crippen molar-refractivity contribution < 1.29 is 9.13 Å². The van der Waals surface area contributed by atoms with Gasteiger partial charge in [-0.05, 0) is 56.1 Å². The Kier molecular flexibility index (Phi) is 6.70. The molecule has 2 N–H and O–H groups in total. The number of aliphatic imine (C=N–C) groups is 1. The van der Waals surface area contributed by atoms with Crippen LogP contribution in [0.2, 0.25) is 0 Å². The summed E-state index contributed by atoms with van der Waals surface area (Å²) in [5, 5.41) is 0. The highest BCUT2D eigenvalue weighted by Gasteiger charge is 2.27. The Morgan fingerprint density at radius 2 is 1.96 bits per heavy atom. The lowest BCUT2D eigenvalue weighted by atomic mass is 9.79. The Labute approximate surface area is 162 Å². The van der Waals surface area contributed by atoms with Crippen molar-refractivity contribution in [1.29, 1.82) is 0 Å². The van der Waals surface area contributed by atoms with Gasteiger partial charge in [0.25, 0.3) is 0 Å². The molecule has 2 fully saturated rings. The second-order valence-corrected chi connectivity index (χ2v) is 7.79. The Bertz CT molecular complexity index is 728. The van der Waals surface area contributed by atoms with Gasteiger partial charge in [0.2, 0.25) is 0 Å². The maximum atomic E-state index is 15.4. The summed E-state index contributed by atoms with van der Waals surface area (Å²) < 4.78 is 21.5. The normalized spacial score (nSPS) is 19.3. The third-order valence-electron chi connectivity index (χ3n) is 5.87. The monoisotopic (exact) mass is 370 g/mol. The lowest BCUT2D eigenvalue weighted by molar-refractivity contribution is 0.198. The first-order chi connectivity index (χ1) is 13.1. The molecule has 0 atom stereocenters. The molecule has 0 aromatic heterocycles. The van der Waals surface area contributed by atoms with Crippen LogP contribution in [-0.2, 0) is 0 Å². The fraction of sp³-hybridized carbons (Fsp3) is 0.522. The molecule has 0 heterocycles. The molecule has 2 saturated carbocycles. The van der Waals surface area contributed by atoms with Crippen LogP contribution in [0.4, 0.5) is 4.39 Å². The zero-order valence-corrected chi connectivity index (χ0v) is 16.3. The zero-order chi connectivity index (χ0) is 19.2. The molecule has 0 unspecified atom stereocenters. The molecule has 0 bridgehead atoms. The number of nitrogens with zero attached hydrogens (tertiary/aromatic N) is 1. The standard InChI is InChI=1S/C23H31FN2O/c1-3-21(25)26-14-16(2)19-12-13-20(18-10-7-11-18)23(22(19)24)27-15-17-8-5-4-6-9-17/h3,12-14,17-18H,2,4-11,15,25H2,1H3/b21-3-,26-14-. The van der Waals surface area contributed by atoms with E-state index in [0.717, 1.165) is 18.4 Å². The van der Waals surface area contributed by atoms with Crippen molar-refractivity contribution in [1.82, 2.24) is 0 Å². The first-order valence-electron chi connectivity index (χ1n) is 10.2. The van der Waals surface area contributed by atoms with Crippen LogP contribution in [0.1, 0.15) is 75.3 Å². The van der Waals surface area contributed by atoms with Crippen molar-refractivity contribution in [3.8, 4) is 5.75 Å². The minimum absolute atomic E-state index is 0.314. The SMILES string of the molecule is C=C(/C=N\C(N)=C/C)c1ccc(C2CCC2)c(OCC2CCCCC2)c1F. The molecule has 0 amide bonds. The second-order valence-electron chi connectivity index (χ2n) is 7.79. The summed E-state index contributed by atoms with van der Waals surface area (Å²) in [5.74, 6) is 1.45. The molecule has 1 aromatic carbocycles. The van der Waals surface area contributed by atoms with Crippen molar-refractivity contribution in [3.63, 3.8) is 0 Å². The summed E-state index contributed by atoms with van der Waals surface area (Å²) in [6.07, 6.45) is 12.8. The molecule has 3 rings (SSSR count). The van der Waals surface area contributed by atoms with Gasteiger partial charge in [-0.15, -0.1) is 0 Å². The number of allylic oxidation sites excluding steroid dienone is 2. The van der Waals surface area contributed by atoms with Crippen LogP contribution in [0.3, 0.4) is 0 Å². The van der Waals surface area contributed by atoms with Crippen molar-refractivity contribution in [2.24, 2.45) is 16.6 Å². The van der Waals surface area contributed by atoms with Gasteiger partial charge in [0.15, 0.2) is 11.6 Å². The number of hydrogen-bond acceptors (Lipinski definition) is 3. The van der Waals surface area contributed by atoms with Gasteiger partial charge in [-0.1, -0.05) is 44.4 Å². The number of rotatable bonds is 7. The summed E-state index contributed by atoms with van der Waals surface area (Å²) in [7, 11) is 0. The molecular weight excluding hydrogens is 339 g/mol. The van der Waals surface area contributed by atoms with Gasteiger partial charge in [0.1, 0.15) is 5.82 Å². The lowest BCUT2D eigenvalue weighted by Gasteiger charge is -2.29. The van der Waals surface area contributed by atoms with Crippen LogP contribution >= 0.6 is 0 Å². The molecule has 0 spiro atoms. The number of hydrogen-bond donors (Lipinski definition) is 1. The average molecular weight is 371 g/mol. The van der Waals surface area contributed by atoms with E-state index in [1.165, 1.54) is 44.7 Å². The van der Waals surface area contributed by atoms with Gasteiger partial charge < -0.3 is 10.5 Å². The molecule has 27 heavy (non-hydrogen) atoms. The van der Waals surface area contributed by atoms with E-state index in [1.54, 1.807) is 19.1 Å². The minimum Gasteiger partial charge on any atom is -0.490 e. The summed E-state index contributed by atoms with van der Waals surface area (Å²) in [6.45, 7) is 6.37. The zero-order valence-electron chi connectivity index (χ0n) is 16.3. The Morgan fingerprint density at radius 1 is 1.22 bits per heavy atom. The van der Waals surface area contributed by atoms with Crippen LogP contribution in [0.15, 0.2) is 35.6 Å². The van der Waals surface area contributed by atoms with Gasteiger partial charge >= 0.3 is 0 Å². The van der Waals surface area contributed by atoms with E-state index in [2.05, 4.69) is 11.6 Å². The van der Waals surface area contributed by atoms with Crippen molar-refractivity contribution in [2.45, 2.75) is 64.2 Å². The Balaban J connectivity index is 1.83. The van der Waals surface area contributed by atoms with Gasteiger partial charge in [-0.25, -0.2) is 9.38 Å². The molecule has 3 nitrogen and oxygen atoms in total. The number of nitrogens with two attached hydrogens (primary N) is 1. The van der Waals surface area contributed by atoms with Crippen LogP contribution in [0.25, 0.3) is 5.57 Å². The van der Waals surface area contributed by atoms with E-state index >= 15 is 4.39 Å². The van der Waals surface area contributed by atoms with Gasteiger partial charge in [0, 0.05) is 17.3 Å². The first kappa shape index (κ1) is 19.7. The molecule has 146 valence electrons. The predicted octanol–water partition coefficient (Wildman–Crippen LogP) is 5.96. The highest BCUT2D eigenvalue weighted by atomic mass is 19.1.